The van der Waals surface area contributed by atoms with Gasteiger partial charge >= 0.3 is 12.0 Å². The molecule has 0 aromatic heterocycles. The highest BCUT2D eigenvalue weighted by atomic mass is 32.2. The van der Waals surface area contributed by atoms with E-state index in [1.165, 1.54) is 18.6 Å². The number of aliphatic carboxylic acids is 1. The van der Waals surface area contributed by atoms with Gasteiger partial charge in [-0.15, -0.1) is 0 Å². The largest absolute Gasteiger partial charge is 0.481 e. The second-order valence-electron chi connectivity index (χ2n) is 5.43. The molecule has 1 heterocycles. The molecule has 5 nitrogen and oxygen atoms in total. The van der Waals surface area contributed by atoms with Gasteiger partial charge in [0.1, 0.15) is 0 Å². The highest BCUT2D eigenvalue weighted by Gasteiger charge is 2.36. The van der Waals surface area contributed by atoms with Crippen molar-refractivity contribution in [1.82, 2.24) is 10.2 Å². The molecule has 1 aliphatic heterocycles. The molecule has 0 bridgehead atoms. The number of thioether (sulfide) groups is 1. The number of carboxylic acids is 1. The fraction of sp³-hybridized carbons (Fsp3) is 0.857. The van der Waals surface area contributed by atoms with Crippen molar-refractivity contribution in [2.24, 2.45) is 11.8 Å². The average molecular weight is 302 g/mol. The van der Waals surface area contributed by atoms with Crippen LogP contribution in [0.1, 0.15) is 32.6 Å². The van der Waals surface area contributed by atoms with E-state index >= 15 is 0 Å². The summed E-state index contributed by atoms with van der Waals surface area (Å²) in [7, 11) is 0. The number of likely N-dealkylation sites (tertiary alicyclic amines) is 1. The zero-order valence-corrected chi connectivity index (χ0v) is 13.2. The van der Waals surface area contributed by atoms with E-state index in [0.29, 0.717) is 19.6 Å². The number of hydrogen-bond acceptors (Lipinski definition) is 3. The Labute approximate surface area is 125 Å². The maximum atomic E-state index is 11.8. The Balaban J connectivity index is 2.01. The molecule has 116 valence electrons. The van der Waals surface area contributed by atoms with E-state index in [-0.39, 0.29) is 17.9 Å². The van der Waals surface area contributed by atoms with Gasteiger partial charge in [0.05, 0.1) is 5.92 Å². The summed E-state index contributed by atoms with van der Waals surface area (Å²) in [6, 6.07) is -0.0528. The monoisotopic (exact) mass is 302 g/mol. The number of carbonyl (C=O) groups excluding carboxylic acids is 1. The molecule has 1 unspecified atom stereocenters. The van der Waals surface area contributed by atoms with Gasteiger partial charge in [0.2, 0.25) is 0 Å². The lowest BCUT2D eigenvalue weighted by molar-refractivity contribution is -0.144. The average Bonchev–Trinajstić information content (AvgIpc) is 2.35. The molecule has 0 aromatic rings. The first-order chi connectivity index (χ1) is 9.56. The Kier molecular flexibility index (Phi) is 7.80. The second kappa shape index (κ2) is 9.10. The molecule has 0 spiro atoms. The lowest BCUT2D eigenvalue weighted by atomic mass is 9.87. The molecule has 0 aromatic carbocycles. The molecule has 6 heteroatoms. The molecule has 2 N–H and O–H groups in total. The van der Waals surface area contributed by atoms with Gasteiger partial charge in [-0.3, -0.25) is 4.79 Å². The van der Waals surface area contributed by atoms with Crippen LogP contribution in [0.5, 0.6) is 0 Å². The summed E-state index contributed by atoms with van der Waals surface area (Å²) in [5.41, 5.74) is 0. The van der Waals surface area contributed by atoms with Crippen molar-refractivity contribution >= 4 is 23.8 Å². The lowest BCUT2D eigenvalue weighted by Gasteiger charge is -2.41. The molecule has 1 saturated heterocycles. The summed E-state index contributed by atoms with van der Waals surface area (Å²) in [6.45, 7) is 3.55. The molecule has 1 rings (SSSR count). The molecule has 1 atom stereocenters. The maximum Gasteiger partial charge on any atom is 0.317 e. The van der Waals surface area contributed by atoms with E-state index in [1.54, 1.807) is 11.8 Å². The van der Waals surface area contributed by atoms with Crippen LogP contribution >= 0.6 is 11.8 Å². The molecule has 0 aliphatic carbocycles. The van der Waals surface area contributed by atoms with Crippen LogP contribution in [0.25, 0.3) is 0 Å². The van der Waals surface area contributed by atoms with E-state index in [4.69, 9.17) is 5.11 Å². The number of nitrogens with one attached hydrogen (secondary N) is 1. The highest BCUT2D eigenvalue weighted by molar-refractivity contribution is 7.98. The molecule has 0 saturated carbocycles. The number of hydrogen-bond donors (Lipinski definition) is 2. The Morgan fingerprint density at radius 2 is 1.95 bits per heavy atom. The van der Waals surface area contributed by atoms with Crippen molar-refractivity contribution in [1.29, 1.82) is 0 Å². The third kappa shape index (κ3) is 5.61. The Bertz CT molecular complexity index is 320. The molecule has 0 radical (unpaired) electrons. The van der Waals surface area contributed by atoms with Crippen LogP contribution in [0.15, 0.2) is 0 Å². The van der Waals surface area contributed by atoms with Gasteiger partial charge < -0.3 is 15.3 Å². The molecular weight excluding hydrogens is 276 g/mol. The predicted octanol–water partition coefficient (Wildman–Crippen LogP) is 2.27. The molecule has 1 fully saturated rings. The molecular formula is C14H26N2O3S. The van der Waals surface area contributed by atoms with Crippen molar-refractivity contribution in [3.05, 3.63) is 0 Å². The van der Waals surface area contributed by atoms with Crippen LogP contribution < -0.4 is 5.32 Å². The first-order valence-electron chi connectivity index (χ1n) is 7.30. The van der Waals surface area contributed by atoms with Crippen molar-refractivity contribution < 1.29 is 14.7 Å². The summed E-state index contributed by atoms with van der Waals surface area (Å²) < 4.78 is 0. The van der Waals surface area contributed by atoms with Crippen LogP contribution in [0.3, 0.4) is 0 Å². The molecule has 2 amide bonds. The lowest BCUT2D eigenvalue weighted by Crippen LogP contribution is -2.56. The maximum absolute atomic E-state index is 11.8. The Morgan fingerprint density at radius 1 is 1.30 bits per heavy atom. The van der Waals surface area contributed by atoms with Crippen LogP contribution in [0.4, 0.5) is 4.79 Å². The number of unbranched alkanes of at least 4 members (excludes halogenated alkanes) is 3. The third-order valence-electron chi connectivity index (χ3n) is 3.85. The smallest absolute Gasteiger partial charge is 0.317 e. The standard InChI is InChI=1S/C14H26N2O3S/c1-11(13(17)18)12-9-16(10-12)14(19)15-7-5-3-4-6-8-20-2/h11-12H,3-10H2,1-2H3,(H,15,19)(H,17,18). The van der Waals surface area contributed by atoms with Crippen molar-refractivity contribution in [2.45, 2.75) is 32.6 Å². The van der Waals surface area contributed by atoms with Crippen LogP contribution in [-0.2, 0) is 4.79 Å². The Morgan fingerprint density at radius 3 is 2.55 bits per heavy atom. The number of carbonyl (C=O) groups is 2. The van der Waals surface area contributed by atoms with Gasteiger partial charge in [-0.05, 0) is 24.9 Å². The minimum absolute atomic E-state index is 0.0528. The summed E-state index contributed by atoms with van der Waals surface area (Å²) in [6.07, 6.45) is 6.75. The van der Waals surface area contributed by atoms with E-state index in [9.17, 15) is 9.59 Å². The molecule has 20 heavy (non-hydrogen) atoms. The van der Waals surface area contributed by atoms with E-state index in [0.717, 1.165) is 12.8 Å². The fourth-order valence-corrected chi connectivity index (χ4v) is 2.72. The van der Waals surface area contributed by atoms with E-state index < -0.39 is 5.97 Å². The minimum atomic E-state index is -0.777. The van der Waals surface area contributed by atoms with Gasteiger partial charge in [-0.1, -0.05) is 19.8 Å². The van der Waals surface area contributed by atoms with Crippen LogP contribution in [0.2, 0.25) is 0 Å². The quantitative estimate of drug-likeness (QED) is 0.641. The van der Waals surface area contributed by atoms with Crippen LogP contribution in [-0.4, -0.2) is 53.6 Å². The summed E-state index contributed by atoms with van der Waals surface area (Å²) in [5.74, 6) is 0.170. The normalized spacial score (nSPS) is 16.6. The zero-order chi connectivity index (χ0) is 15.0. The zero-order valence-electron chi connectivity index (χ0n) is 12.4. The van der Waals surface area contributed by atoms with Crippen molar-refractivity contribution in [3.8, 4) is 0 Å². The van der Waals surface area contributed by atoms with Gasteiger partial charge in [-0.25, -0.2) is 4.79 Å². The second-order valence-corrected chi connectivity index (χ2v) is 6.42. The van der Waals surface area contributed by atoms with Gasteiger partial charge in [0, 0.05) is 25.6 Å². The predicted molar refractivity (Wildman–Crippen MR) is 82.1 cm³/mol. The number of carboxylic acid groups (broad SMARTS) is 1. The Hall–Kier alpha value is -0.910. The van der Waals surface area contributed by atoms with Gasteiger partial charge in [0.25, 0.3) is 0 Å². The van der Waals surface area contributed by atoms with Crippen LogP contribution in [0, 0.1) is 11.8 Å². The highest BCUT2D eigenvalue weighted by Crippen LogP contribution is 2.23. The minimum Gasteiger partial charge on any atom is -0.481 e. The number of rotatable bonds is 9. The van der Waals surface area contributed by atoms with Gasteiger partial charge in [-0.2, -0.15) is 11.8 Å². The van der Waals surface area contributed by atoms with Crippen molar-refractivity contribution in [2.75, 3.05) is 31.6 Å². The fourth-order valence-electron chi connectivity index (χ4n) is 2.23. The number of urea groups is 1. The van der Waals surface area contributed by atoms with Gasteiger partial charge in [0.15, 0.2) is 0 Å². The SMILES string of the molecule is CSCCCCCCNC(=O)N1CC(C(C)C(=O)O)C1. The topological polar surface area (TPSA) is 69.6 Å². The first kappa shape index (κ1) is 17.1. The van der Waals surface area contributed by atoms with E-state index in [1.807, 2.05) is 11.8 Å². The third-order valence-corrected chi connectivity index (χ3v) is 4.54. The number of amides is 2. The number of nitrogens with zero attached hydrogens (tertiary/aromatic N) is 1. The van der Waals surface area contributed by atoms with E-state index in [2.05, 4.69) is 11.6 Å². The van der Waals surface area contributed by atoms with Crippen molar-refractivity contribution in [3.63, 3.8) is 0 Å². The first-order valence-corrected chi connectivity index (χ1v) is 8.70. The summed E-state index contributed by atoms with van der Waals surface area (Å²) in [4.78, 5) is 24.3. The molecule has 1 aliphatic rings. The summed E-state index contributed by atoms with van der Waals surface area (Å²) in [5, 5.41) is 11.8. The summed E-state index contributed by atoms with van der Waals surface area (Å²) >= 11 is 1.87.